The molecule has 2 rings (SSSR count). The first kappa shape index (κ1) is 15.6. The van der Waals surface area contributed by atoms with Gasteiger partial charge in [-0.15, -0.1) is 5.10 Å². The third kappa shape index (κ3) is 3.67. The van der Waals surface area contributed by atoms with Crippen LogP contribution >= 0.6 is 11.8 Å². The van der Waals surface area contributed by atoms with Crippen LogP contribution in [-0.4, -0.2) is 32.6 Å². The molecule has 2 N–H and O–H groups in total. The topological polar surface area (TPSA) is 62.7 Å². The van der Waals surface area contributed by atoms with Gasteiger partial charge in [-0.25, -0.2) is 9.89 Å². The molecular formula is C14H26N4OS. The molecule has 0 spiro atoms. The Morgan fingerprint density at radius 1 is 1.45 bits per heavy atom. The normalized spacial score (nSPS) is 26.9. The Labute approximate surface area is 124 Å². The Morgan fingerprint density at radius 2 is 2.25 bits per heavy atom. The number of aromatic amines is 1. The molecule has 0 aromatic carbocycles. The molecule has 1 aromatic heterocycles. The van der Waals surface area contributed by atoms with Gasteiger partial charge in [0.05, 0.1) is 0 Å². The Bertz CT molecular complexity index is 470. The lowest BCUT2D eigenvalue weighted by atomic mass is 9.83. The largest absolute Gasteiger partial charge is 0.343 e. The quantitative estimate of drug-likeness (QED) is 0.845. The molecule has 6 heteroatoms. The molecule has 0 saturated heterocycles. The van der Waals surface area contributed by atoms with Crippen molar-refractivity contribution in [3.63, 3.8) is 0 Å². The minimum Gasteiger partial charge on any atom is -0.313 e. The molecule has 3 unspecified atom stereocenters. The lowest BCUT2D eigenvalue weighted by Gasteiger charge is -2.36. The molecule has 1 heterocycles. The fraction of sp³-hybridized carbons (Fsp3) is 0.857. The SMILES string of the molecule is CCCC1CCC(NCC)C(Sc2n[nH]c(=O)n2C)C1. The molecule has 5 nitrogen and oxygen atoms in total. The van der Waals surface area contributed by atoms with Crippen LogP contribution in [0.25, 0.3) is 0 Å². The molecule has 0 amide bonds. The van der Waals surface area contributed by atoms with Gasteiger partial charge in [0.25, 0.3) is 0 Å². The molecule has 1 saturated carbocycles. The predicted molar refractivity (Wildman–Crippen MR) is 83.2 cm³/mol. The van der Waals surface area contributed by atoms with Crippen LogP contribution in [0, 0.1) is 5.92 Å². The minimum absolute atomic E-state index is 0.131. The van der Waals surface area contributed by atoms with E-state index in [9.17, 15) is 4.79 Å². The summed E-state index contributed by atoms with van der Waals surface area (Å²) >= 11 is 1.75. The second-order valence-electron chi connectivity index (χ2n) is 5.66. The van der Waals surface area contributed by atoms with Crippen molar-refractivity contribution >= 4 is 11.8 Å². The molecule has 1 fully saturated rings. The van der Waals surface area contributed by atoms with E-state index in [1.54, 1.807) is 23.4 Å². The average molecular weight is 298 g/mol. The Hall–Kier alpha value is -0.750. The van der Waals surface area contributed by atoms with Crippen LogP contribution in [-0.2, 0) is 7.05 Å². The molecule has 1 aromatic rings. The molecule has 1 aliphatic carbocycles. The van der Waals surface area contributed by atoms with Crippen LogP contribution in [0.1, 0.15) is 46.0 Å². The zero-order valence-corrected chi connectivity index (χ0v) is 13.5. The monoisotopic (exact) mass is 298 g/mol. The molecule has 3 atom stereocenters. The molecule has 0 radical (unpaired) electrons. The van der Waals surface area contributed by atoms with E-state index in [1.165, 1.54) is 32.1 Å². The van der Waals surface area contributed by atoms with E-state index in [-0.39, 0.29) is 5.69 Å². The maximum absolute atomic E-state index is 11.5. The van der Waals surface area contributed by atoms with Gasteiger partial charge in [0.2, 0.25) is 0 Å². The maximum Gasteiger partial charge on any atom is 0.343 e. The van der Waals surface area contributed by atoms with Gasteiger partial charge in [-0.2, -0.15) is 0 Å². The van der Waals surface area contributed by atoms with Gasteiger partial charge < -0.3 is 5.32 Å². The number of hydrogen-bond donors (Lipinski definition) is 2. The standard InChI is InChI=1S/C14H26N4OS/c1-4-6-10-7-8-11(15-5-2)12(9-10)20-14-17-16-13(19)18(14)3/h10-12,15H,4-9H2,1-3H3,(H,16,19). The van der Waals surface area contributed by atoms with Crippen molar-refractivity contribution in [3.8, 4) is 0 Å². The van der Waals surface area contributed by atoms with Crippen molar-refractivity contribution in [2.45, 2.75) is 62.4 Å². The summed E-state index contributed by atoms with van der Waals surface area (Å²) < 4.78 is 1.61. The van der Waals surface area contributed by atoms with Gasteiger partial charge in [0.15, 0.2) is 5.16 Å². The molecule has 1 aliphatic rings. The first-order valence-corrected chi connectivity index (χ1v) is 8.55. The Kier molecular flexibility index (Phi) is 5.72. The van der Waals surface area contributed by atoms with E-state index in [0.717, 1.165) is 17.6 Å². The average Bonchev–Trinajstić information content (AvgIpc) is 2.74. The highest BCUT2D eigenvalue weighted by Gasteiger charge is 2.31. The fourth-order valence-corrected chi connectivity index (χ4v) is 4.46. The van der Waals surface area contributed by atoms with Crippen molar-refractivity contribution in [2.75, 3.05) is 6.54 Å². The second kappa shape index (κ2) is 7.31. The fourth-order valence-electron chi connectivity index (χ4n) is 3.08. The summed E-state index contributed by atoms with van der Waals surface area (Å²) in [6, 6.07) is 0.532. The van der Waals surface area contributed by atoms with E-state index in [0.29, 0.717) is 11.3 Å². The highest BCUT2D eigenvalue weighted by molar-refractivity contribution is 7.99. The van der Waals surface area contributed by atoms with E-state index in [4.69, 9.17) is 0 Å². The molecule has 0 aliphatic heterocycles. The van der Waals surface area contributed by atoms with Crippen LogP contribution < -0.4 is 11.0 Å². The summed E-state index contributed by atoms with van der Waals surface area (Å²) in [4.78, 5) is 11.5. The highest BCUT2D eigenvalue weighted by atomic mass is 32.2. The lowest BCUT2D eigenvalue weighted by Crippen LogP contribution is -2.42. The van der Waals surface area contributed by atoms with Crippen molar-refractivity contribution in [1.29, 1.82) is 0 Å². The number of thioether (sulfide) groups is 1. The van der Waals surface area contributed by atoms with Gasteiger partial charge in [0, 0.05) is 18.3 Å². The highest BCUT2D eigenvalue weighted by Crippen LogP contribution is 2.37. The maximum atomic E-state index is 11.5. The Morgan fingerprint density at radius 3 is 2.85 bits per heavy atom. The first-order valence-electron chi connectivity index (χ1n) is 7.67. The van der Waals surface area contributed by atoms with E-state index in [1.807, 2.05) is 0 Å². The molecule has 0 bridgehead atoms. The number of hydrogen-bond acceptors (Lipinski definition) is 4. The second-order valence-corrected chi connectivity index (χ2v) is 6.86. The third-order valence-corrected chi connectivity index (χ3v) is 5.56. The van der Waals surface area contributed by atoms with Crippen LogP contribution in [0.4, 0.5) is 0 Å². The van der Waals surface area contributed by atoms with Gasteiger partial charge in [-0.3, -0.25) is 4.57 Å². The van der Waals surface area contributed by atoms with Crippen molar-refractivity contribution in [1.82, 2.24) is 20.1 Å². The molecule has 114 valence electrons. The zero-order chi connectivity index (χ0) is 14.5. The summed E-state index contributed by atoms with van der Waals surface area (Å²) in [5, 5.41) is 11.6. The summed E-state index contributed by atoms with van der Waals surface area (Å²) in [6.45, 7) is 5.42. The third-order valence-electron chi connectivity index (χ3n) is 4.16. The smallest absolute Gasteiger partial charge is 0.313 e. The Balaban J connectivity index is 2.06. The lowest BCUT2D eigenvalue weighted by molar-refractivity contribution is 0.289. The van der Waals surface area contributed by atoms with Gasteiger partial charge >= 0.3 is 5.69 Å². The van der Waals surface area contributed by atoms with E-state index >= 15 is 0 Å². The van der Waals surface area contributed by atoms with Crippen molar-refractivity contribution in [3.05, 3.63) is 10.5 Å². The predicted octanol–water partition coefficient (Wildman–Crippen LogP) is 2.15. The minimum atomic E-state index is -0.131. The number of nitrogens with one attached hydrogen (secondary N) is 2. The van der Waals surface area contributed by atoms with Crippen molar-refractivity contribution in [2.24, 2.45) is 13.0 Å². The van der Waals surface area contributed by atoms with Crippen LogP contribution in [0.5, 0.6) is 0 Å². The van der Waals surface area contributed by atoms with Crippen LogP contribution in [0.15, 0.2) is 9.95 Å². The van der Waals surface area contributed by atoms with Gasteiger partial charge in [-0.05, 0) is 31.7 Å². The van der Waals surface area contributed by atoms with E-state index in [2.05, 4.69) is 29.4 Å². The molecule has 20 heavy (non-hydrogen) atoms. The summed E-state index contributed by atoms with van der Waals surface area (Å²) in [7, 11) is 1.78. The van der Waals surface area contributed by atoms with Gasteiger partial charge in [-0.1, -0.05) is 38.5 Å². The van der Waals surface area contributed by atoms with Crippen molar-refractivity contribution < 1.29 is 0 Å². The first-order chi connectivity index (χ1) is 9.65. The number of nitrogens with zero attached hydrogens (tertiary/aromatic N) is 2. The summed E-state index contributed by atoms with van der Waals surface area (Å²) in [5.41, 5.74) is -0.131. The number of H-pyrrole nitrogens is 1. The van der Waals surface area contributed by atoms with Crippen LogP contribution in [0.2, 0.25) is 0 Å². The molecular weight excluding hydrogens is 272 g/mol. The van der Waals surface area contributed by atoms with E-state index < -0.39 is 0 Å². The number of rotatable bonds is 6. The zero-order valence-electron chi connectivity index (χ0n) is 12.7. The summed E-state index contributed by atoms with van der Waals surface area (Å²) in [5.74, 6) is 0.823. The van der Waals surface area contributed by atoms with Gasteiger partial charge in [0.1, 0.15) is 0 Å². The van der Waals surface area contributed by atoms with Crippen LogP contribution in [0.3, 0.4) is 0 Å². The summed E-state index contributed by atoms with van der Waals surface area (Å²) in [6.07, 6.45) is 6.35. The number of aromatic nitrogens is 3.